The van der Waals surface area contributed by atoms with Crippen LogP contribution in [0.25, 0.3) is 0 Å². The number of rotatable bonds is 8. The molecule has 9 heteroatoms. The molecule has 2 rings (SSSR count). The summed E-state index contributed by atoms with van der Waals surface area (Å²) in [5.74, 6) is -0.490. The van der Waals surface area contributed by atoms with Crippen molar-refractivity contribution >= 4 is 17.5 Å². The van der Waals surface area contributed by atoms with Crippen LogP contribution < -0.4 is 10.6 Å². The molecule has 2 amide bonds. The predicted molar refractivity (Wildman–Crippen MR) is 105 cm³/mol. The van der Waals surface area contributed by atoms with Crippen LogP contribution in [0.4, 0.5) is 18.9 Å². The third-order valence-corrected chi connectivity index (χ3v) is 5.06. The van der Waals surface area contributed by atoms with E-state index in [0.717, 1.165) is 18.9 Å². The summed E-state index contributed by atoms with van der Waals surface area (Å²) < 4.78 is 39.1. The Bertz CT molecular complexity index is 685. The van der Waals surface area contributed by atoms with Crippen LogP contribution in [0, 0.1) is 0 Å². The molecule has 0 spiro atoms. The Morgan fingerprint density at radius 2 is 1.48 bits per heavy atom. The SMILES string of the molecule is CCC(CC)NC(=O)CN1CCN(CC(=O)Nc2ccccc2C(F)(F)F)CC1. The number of piperazine rings is 1. The van der Waals surface area contributed by atoms with Gasteiger partial charge in [-0.3, -0.25) is 19.4 Å². The van der Waals surface area contributed by atoms with Gasteiger partial charge in [-0.1, -0.05) is 26.0 Å². The molecule has 0 saturated carbocycles. The van der Waals surface area contributed by atoms with Gasteiger partial charge in [-0.2, -0.15) is 13.2 Å². The summed E-state index contributed by atoms with van der Waals surface area (Å²) in [5, 5.41) is 5.37. The molecule has 1 saturated heterocycles. The number of carbonyl (C=O) groups excluding carboxylic acids is 2. The molecule has 1 aromatic rings. The number of halogens is 3. The van der Waals surface area contributed by atoms with Crippen molar-refractivity contribution in [2.75, 3.05) is 44.6 Å². The molecular weight excluding hydrogens is 385 g/mol. The minimum atomic E-state index is -4.52. The molecule has 1 aromatic carbocycles. The van der Waals surface area contributed by atoms with Gasteiger partial charge in [0.25, 0.3) is 0 Å². The van der Waals surface area contributed by atoms with Crippen LogP contribution >= 0.6 is 0 Å². The molecule has 162 valence electrons. The van der Waals surface area contributed by atoms with E-state index >= 15 is 0 Å². The first-order valence-corrected chi connectivity index (χ1v) is 9.93. The monoisotopic (exact) mass is 414 g/mol. The van der Waals surface area contributed by atoms with Gasteiger partial charge in [0.1, 0.15) is 0 Å². The lowest BCUT2D eigenvalue weighted by Gasteiger charge is -2.34. The second-order valence-electron chi connectivity index (χ2n) is 7.22. The molecule has 1 aliphatic heterocycles. The van der Waals surface area contributed by atoms with Crippen LogP contribution in [-0.4, -0.2) is 66.9 Å². The number of benzene rings is 1. The molecular formula is C20H29F3N4O2. The van der Waals surface area contributed by atoms with Gasteiger partial charge in [-0.15, -0.1) is 0 Å². The van der Waals surface area contributed by atoms with E-state index in [1.807, 2.05) is 23.6 Å². The van der Waals surface area contributed by atoms with Gasteiger partial charge in [0.2, 0.25) is 11.8 Å². The molecule has 0 unspecified atom stereocenters. The molecule has 0 radical (unpaired) electrons. The minimum absolute atomic E-state index is 0.00588. The van der Waals surface area contributed by atoms with Crippen molar-refractivity contribution in [3.63, 3.8) is 0 Å². The first-order chi connectivity index (χ1) is 13.7. The zero-order valence-corrected chi connectivity index (χ0v) is 16.9. The first kappa shape index (κ1) is 23.2. The number of nitrogens with one attached hydrogen (secondary N) is 2. The smallest absolute Gasteiger partial charge is 0.352 e. The van der Waals surface area contributed by atoms with Gasteiger partial charge in [-0.05, 0) is 25.0 Å². The molecule has 0 aliphatic carbocycles. The average molecular weight is 414 g/mol. The van der Waals surface area contributed by atoms with E-state index in [0.29, 0.717) is 32.7 Å². The third kappa shape index (κ3) is 7.32. The van der Waals surface area contributed by atoms with Gasteiger partial charge in [0.15, 0.2) is 0 Å². The maximum atomic E-state index is 13.0. The summed E-state index contributed by atoms with van der Waals surface area (Å²) in [7, 11) is 0. The zero-order chi connectivity index (χ0) is 21.4. The number of carbonyl (C=O) groups is 2. The molecule has 0 aromatic heterocycles. The maximum Gasteiger partial charge on any atom is 0.418 e. The molecule has 29 heavy (non-hydrogen) atoms. The van der Waals surface area contributed by atoms with Crippen LogP contribution in [0.15, 0.2) is 24.3 Å². The fourth-order valence-corrected chi connectivity index (χ4v) is 3.31. The van der Waals surface area contributed by atoms with E-state index in [9.17, 15) is 22.8 Å². The highest BCUT2D eigenvalue weighted by molar-refractivity contribution is 5.93. The van der Waals surface area contributed by atoms with Gasteiger partial charge in [-0.25, -0.2) is 0 Å². The minimum Gasteiger partial charge on any atom is -0.352 e. The molecule has 0 bridgehead atoms. The van der Waals surface area contributed by atoms with Gasteiger partial charge < -0.3 is 10.6 Å². The van der Waals surface area contributed by atoms with Gasteiger partial charge in [0.05, 0.1) is 24.3 Å². The lowest BCUT2D eigenvalue weighted by atomic mass is 10.1. The molecule has 6 nitrogen and oxygen atoms in total. The van der Waals surface area contributed by atoms with E-state index in [-0.39, 0.29) is 24.2 Å². The molecule has 0 atom stereocenters. The van der Waals surface area contributed by atoms with Crippen molar-refractivity contribution < 1.29 is 22.8 Å². The summed E-state index contributed by atoms with van der Waals surface area (Å²) in [4.78, 5) is 28.2. The molecule has 2 N–H and O–H groups in total. The van der Waals surface area contributed by atoms with Crippen molar-refractivity contribution in [1.82, 2.24) is 15.1 Å². The first-order valence-electron chi connectivity index (χ1n) is 9.93. The van der Waals surface area contributed by atoms with Crippen molar-refractivity contribution in [2.24, 2.45) is 0 Å². The van der Waals surface area contributed by atoms with Crippen LogP contribution in [-0.2, 0) is 15.8 Å². The van der Waals surface area contributed by atoms with E-state index in [2.05, 4.69) is 10.6 Å². The lowest BCUT2D eigenvalue weighted by Crippen LogP contribution is -2.51. The van der Waals surface area contributed by atoms with Crippen molar-refractivity contribution in [1.29, 1.82) is 0 Å². The van der Waals surface area contributed by atoms with Crippen molar-refractivity contribution in [2.45, 2.75) is 38.9 Å². The van der Waals surface area contributed by atoms with Crippen LogP contribution in [0.3, 0.4) is 0 Å². The number of hydrogen-bond donors (Lipinski definition) is 2. The number of para-hydroxylation sites is 1. The third-order valence-electron chi connectivity index (χ3n) is 5.06. The predicted octanol–water partition coefficient (Wildman–Crippen LogP) is 2.57. The number of alkyl halides is 3. The summed E-state index contributed by atoms with van der Waals surface area (Å²) in [5.41, 5.74) is -1.09. The molecule has 1 heterocycles. The summed E-state index contributed by atoms with van der Waals surface area (Å²) in [6.07, 6.45) is -2.74. The highest BCUT2D eigenvalue weighted by Gasteiger charge is 2.33. The van der Waals surface area contributed by atoms with Crippen molar-refractivity contribution in [3.05, 3.63) is 29.8 Å². The molecule has 1 fully saturated rings. The Labute approximate surface area is 169 Å². The van der Waals surface area contributed by atoms with E-state index < -0.39 is 17.6 Å². The second kappa shape index (κ2) is 10.6. The van der Waals surface area contributed by atoms with Crippen LogP contribution in [0.5, 0.6) is 0 Å². The Balaban J connectivity index is 1.78. The van der Waals surface area contributed by atoms with Crippen molar-refractivity contribution in [3.8, 4) is 0 Å². The Morgan fingerprint density at radius 3 is 2.00 bits per heavy atom. The normalized spacial score (nSPS) is 16.1. The quantitative estimate of drug-likeness (QED) is 0.686. The second-order valence-corrected chi connectivity index (χ2v) is 7.22. The maximum absolute atomic E-state index is 13.0. The fourth-order valence-electron chi connectivity index (χ4n) is 3.31. The van der Waals surface area contributed by atoms with E-state index in [1.54, 1.807) is 0 Å². The van der Waals surface area contributed by atoms with Crippen LogP contribution in [0.2, 0.25) is 0 Å². The Hall–Kier alpha value is -2.13. The lowest BCUT2D eigenvalue weighted by molar-refractivity contribution is -0.137. The topological polar surface area (TPSA) is 64.7 Å². The Kier molecular flexibility index (Phi) is 8.45. The van der Waals surface area contributed by atoms with Gasteiger partial charge in [0, 0.05) is 32.2 Å². The number of hydrogen-bond acceptors (Lipinski definition) is 4. The standard InChI is InChI=1S/C20H29F3N4O2/c1-3-15(4-2)24-18(28)13-26-9-11-27(12-10-26)14-19(29)25-17-8-6-5-7-16(17)20(21,22)23/h5-8,15H,3-4,9-14H2,1-2H3,(H,24,28)(H,25,29). The van der Waals surface area contributed by atoms with Crippen LogP contribution in [0.1, 0.15) is 32.3 Å². The highest BCUT2D eigenvalue weighted by Crippen LogP contribution is 2.34. The fraction of sp³-hybridized carbons (Fsp3) is 0.600. The largest absolute Gasteiger partial charge is 0.418 e. The highest BCUT2D eigenvalue weighted by atomic mass is 19.4. The average Bonchev–Trinajstić information content (AvgIpc) is 2.67. The Morgan fingerprint density at radius 1 is 0.966 bits per heavy atom. The zero-order valence-electron chi connectivity index (χ0n) is 16.9. The summed E-state index contributed by atoms with van der Waals surface area (Å²) in [6, 6.07) is 5.12. The van der Waals surface area contributed by atoms with E-state index in [1.165, 1.54) is 18.2 Å². The summed E-state index contributed by atoms with van der Waals surface area (Å²) in [6.45, 7) is 6.80. The van der Waals surface area contributed by atoms with E-state index in [4.69, 9.17) is 0 Å². The molecule has 1 aliphatic rings. The number of anilines is 1. The summed E-state index contributed by atoms with van der Waals surface area (Å²) >= 11 is 0. The van der Waals surface area contributed by atoms with Gasteiger partial charge >= 0.3 is 6.18 Å². The number of nitrogens with zero attached hydrogens (tertiary/aromatic N) is 2. The number of amides is 2.